The maximum absolute atomic E-state index is 12.5. The molecule has 3 aromatic rings. The SMILES string of the molecule is CC(=O)Oc1ccc2c(=O)c(Oc3ccc(Cl)cc3Cl)coc2c1. The standard InChI is InChI=1S/C17H10Cl2O5/c1-9(20)23-11-3-4-12-15(7-11)22-8-16(17(12)21)24-14-5-2-10(18)6-13(14)19/h2-8H,1H3. The lowest BCUT2D eigenvalue weighted by atomic mass is 10.2. The van der Waals surface area contributed by atoms with Crippen LogP contribution in [-0.4, -0.2) is 5.97 Å². The summed E-state index contributed by atoms with van der Waals surface area (Å²) in [7, 11) is 0. The van der Waals surface area contributed by atoms with Crippen molar-refractivity contribution in [1.29, 1.82) is 0 Å². The molecule has 0 saturated carbocycles. The lowest BCUT2D eigenvalue weighted by Gasteiger charge is -2.08. The molecule has 2 aromatic carbocycles. The van der Waals surface area contributed by atoms with Crippen LogP contribution in [0.1, 0.15) is 6.92 Å². The van der Waals surface area contributed by atoms with Crippen LogP contribution in [0, 0.1) is 0 Å². The Morgan fingerprint density at radius 1 is 1.08 bits per heavy atom. The van der Waals surface area contributed by atoms with E-state index in [0.717, 1.165) is 0 Å². The average molecular weight is 365 g/mol. The predicted molar refractivity (Wildman–Crippen MR) is 90.3 cm³/mol. The molecule has 0 atom stereocenters. The van der Waals surface area contributed by atoms with E-state index in [9.17, 15) is 9.59 Å². The van der Waals surface area contributed by atoms with Gasteiger partial charge in [0.25, 0.3) is 0 Å². The lowest BCUT2D eigenvalue weighted by molar-refractivity contribution is -0.131. The highest BCUT2D eigenvalue weighted by Gasteiger charge is 2.12. The smallest absolute Gasteiger partial charge is 0.308 e. The Hall–Kier alpha value is -2.50. The van der Waals surface area contributed by atoms with Gasteiger partial charge in [-0.05, 0) is 30.3 Å². The molecule has 0 fully saturated rings. The quantitative estimate of drug-likeness (QED) is 0.492. The van der Waals surface area contributed by atoms with Crippen LogP contribution in [-0.2, 0) is 4.79 Å². The molecule has 0 aliphatic carbocycles. The molecule has 0 radical (unpaired) electrons. The summed E-state index contributed by atoms with van der Waals surface area (Å²) in [5.41, 5.74) is -0.107. The third kappa shape index (κ3) is 3.37. The van der Waals surface area contributed by atoms with Crippen LogP contribution >= 0.6 is 23.2 Å². The Kier molecular flexibility index (Phi) is 4.46. The zero-order valence-electron chi connectivity index (χ0n) is 12.3. The van der Waals surface area contributed by atoms with Crippen LogP contribution in [0.2, 0.25) is 10.0 Å². The molecule has 0 bridgehead atoms. The Morgan fingerprint density at radius 2 is 1.88 bits per heavy atom. The largest absolute Gasteiger partial charge is 0.460 e. The molecule has 0 aliphatic heterocycles. The summed E-state index contributed by atoms with van der Waals surface area (Å²) in [6, 6.07) is 9.11. The third-order valence-corrected chi connectivity index (χ3v) is 3.62. The first-order chi connectivity index (χ1) is 11.4. The van der Waals surface area contributed by atoms with Gasteiger partial charge in [-0.2, -0.15) is 0 Å². The molecule has 1 aromatic heterocycles. The van der Waals surface area contributed by atoms with Gasteiger partial charge in [0.15, 0.2) is 0 Å². The minimum absolute atomic E-state index is 0.0213. The number of halogens is 2. The summed E-state index contributed by atoms with van der Waals surface area (Å²) in [6.07, 6.45) is 1.17. The topological polar surface area (TPSA) is 65.7 Å². The van der Waals surface area contributed by atoms with Gasteiger partial charge in [-0.15, -0.1) is 0 Å². The number of fused-ring (bicyclic) bond motifs is 1. The summed E-state index contributed by atoms with van der Waals surface area (Å²) in [6.45, 7) is 1.28. The van der Waals surface area contributed by atoms with Crippen LogP contribution in [0.25, 0.3) is 11.0 Å². The molecule has 0 N–H and O–H groups in total. The Morgan fingerprint density at radius 3 is 2.58 bits per heavy atom. The second-order valence-electron chi connectivity index (χ2n) is 4.86. The summed E-state index contributed by atoms with van der Waals surface area (Å²) in [5, 5.41) is 1.01. The van der Waals surface area contributed by atoms with Gasteiger partial charge in [-0.1, -0.05) is 23.2 Å². The molecule has 0 unspecified atom stereocenters. The zero-order chi connectivity index (χ0) is 17.3. The van der Waals surface area contributed by atoms with Crippen molar-refractivity contribution in [2.75, 3.05) is 0 Å². The molecule has 0 aliphatic rings. The van der Waals surface area contributed by atoms with Crippen molar-refractivity contribution in [3.05, 3.63) is 62.9 Å². The molecule has 24 heavy (non-hydrogen) atoms. The minimum atomic E-state index is -0.464. The maximum Gasteiger partial charge on any atom is 0.308 e. The summed E-state index contributed by atoms with van der Waals surface area (Å²) >= 11 is 11.9. The predicted octanol–water partition coefficient (Wildman–Crippen LogP) is 4.82. The minimum Gasteiger partial charge on any atom is -0.460 e. The van der Waals surface area contributed by atoms with Crippen LogP contribution in [0.5, 0.6) is 17.2 Å². The van der Waals surface area contributed by atoms with E-state index >= 15 is 0 Å². The van der Waals surface area contributed by atoms with Gasteiger partial charge in [-0.3, -0.25) is 9.59 Å². The fraction of sp³-hybridized carbons (Fsp3) is 0.0588. The number of carbonyl (C=O) groups is 1. The number of rotatable bonds is 3. The third-order valence-electron chi connectivity index (χ3n) is 3.09. The highest BCUT2D eigenvalue weighted by Crippen LogP contribution is 2.31. The first-order valence-corrected chi connectivity index (χ1v) is 7.56. The van der Waals surface area contributed by atoms with Gasteiger partial charge in [0.2, 0.25) is 11.2 Å². The lowest BCUT2D eigenvalue weighted by Crippen LogP contribution is -2.06. The van der Waals surface area contributed by atoms with Crippen molar-refractivity contribution in [3.8, 4) is 17.2 Å². The van der Waals surface area contributed by atoms with Gasteiger partial charge in [-0.25, -0.2) is 0 Å². The molecule has 0 saturated heterocycles. The number of ether oxygens (including phenoxy) is 2. The van der Waals surface area contributed by atoms with E-state index in [2.05, 4.69) is 0 Å². The van der Waals surface area contributed by atoms with Crippen molar-refractivity contribution in [2.24, 2.45) is 0 Å². The number of hydrogen-bond donors (Lipinski definition) is 0. The van der Waals surface area contributed by atoms with Gasteiger partial charge in [0.05, 0.1) is 10.4 Å². The fourth-order valence-corrected chi connectivity index (χ4v) is 2.51. The van der Waals surface area contributed by atoms with Crippen molar-refractivity contribution in [1.82, 2.24) is 0 Å². The van der Waals surface area contributed by atoms with E-state index in [0.29, 0.717) is 5.02 Å². The molecule has 122 valence electrons. The van der Waals surface area contributed by atoms with Gasteiger partial charge in [0, 0.05) is 18.0 Å². The first-order valence-electron chi connectivity index (χ1n) is 6.81. The monoisotopic (exact) mass is 364 g/mol. The maximum atomic E-state index is 12.5. The molecular formula is C17H10Cl2O5. The average Bonchev–Trinajstić information content (AvgIpc) is 2.52. The molecule has 0 spiro atoms. The van der Waals surface area contributed by atoms with Gasteiger partial charge in [0.1, 0.15) is 23.3 Å². The second kappa shape index (κ2) is 6.55. The van der Waals surface area contributed by atoms with E-state index in [4.69, 9.17) is 37.1 Å². The Labute approximate surface area is 146 Å². The number of carbonyl (C=O) groups excluding carboxylic acids is 1. The van der Waals surface area contributed by atoms with E-state index < -0.39 is 5.97 Å². The van der Waals surface area contributed by atoms with Crippen LogP contribution in [0.15, 0.2) is 51.9 Å². The Bertz CT molecular complexity index is 994. The summed E-state index contributed by atoms with van der Waals surface area (Å²) in [4.78, 5) is 23.5. The highest BCUT2D eigenvalue weighted by atomic mass is 35.5. The molecular weight excluding hydrogens is 355 g/mol. The van der Waals surface area contributed by atoms with Crippen molar-refractivity contribution in [2.45, 2.75) is 6.92 Å². The van der Waals surface area contributed by atoms with E-state index in [-0.39, 0.29) is 38.7 Å². The van der Waals surface area contributed by atoms with Crippen LogP contribution < -0.4 is 14.9 Å². The summed E-state index contributed by atoms with van der Waals surface area (Å²) < 4.78 is 15.9. The van der Waals surface area contributed by atoms with E-state index in [1.165, 1.54) is 37.5 Å². The van der Waals surface area contributed by atoms with Crippen molar-refractivity contribution >= 4 is 40.1 Å². The number of hydrogen-bond acceptors (Lipinski definition) is 5. The van der Waals surface area contributed by atoms with Crippen LogP contribution in [0.3, 0.4) is 0 Å². The second-order valence-corrected chi connectivity index (χ2v) is 5.70. The molecule has 7 heteroatoms. The zero-order valence-corrected chi connectivity index (χ0v) is 13.9. The number of benzene rings is 2. The van der Waals surface area contributed by atoms with Gasteiger partial charge >= 0.3 is 5.97 Å². The first kappa shape index (κ1) is 16.4. The number of esters is 1. The molecule has 1 heterocycles. The molecule has 3 rings (SSSR count). The highest BCUT2D eigenvalue weighted by molar-refractivity contribution is 6.35. The fourth-order valence-electron chi connectivity index (χ4n) is 2.07. The normalized spacial score (nSPS) is 10.6. The summed E-state index contributed by atoms with van der Waals surface area (Å²) in [5.74, 6) is 0.0813. The van der Waals surface area contributed by atoms with E-state index in [1.807, 2.05) is 0 Å². The molecule has 5 nitrogen and oxygen atoms in total. The van der Waals surface area contributed by atoms with Crippen molar-refractivity contribution < 1.29 is 18.7 Å². The van der Waals surface area contributed by atoms with Gasteiger partial charge < -0.3 is 13.9 Å². The van der Waals surface area contributed by atoms with Crippen LogP contribution in [0.4, 0.5) is 0 Å². The van der Waals surface area contributed by atoms with Crippen molar-refractivity contribution in [3.63, 3.8) is 0 Å². The molecule has 0 amide bonds. The van der Waals surface area contributed by atoms with E-state index in [1.54, 1.807) is 12.1 Å². The Balaban J connectivity index is 1.99.